The molecule has 3 nitrogen and oxygen atoms in total. The molecule has 0 saturated heterocycles. The average Bonchev–Trinajstić information content (AvgIpc) is 2.28. The Bertz CT molecular complexity index is 373. The first-order valence-electron chi connectivity index (χ1n) is 5.50. The first kappa shape index (κ1) is 14.0. The van der Waals surface area contributed by atoms with Gasteiger partial charge in [0.15, 0.2) is 0 Å². The van der Waals surface area contributed by atoms with Gasteiger partial charge in [0.25, 0.3) is 0 Å². The molecule has 1 atom stereocenters. The maximum Gasteiger partial charge on any atom is 0.234 e. The van der Waals surface area contributed by atoms with E-state index < -0.39 is 0 Å². The lowest BCUT2D eigenvalue weighted by Crippen LogP contribution is -2.23. The minimum Gasteiger partial charge on any atom is -0.327 e. The van der Waals surface area contributed by atoms with Crippen molar-refractivity contribution in [2.75, 3.05) is 16.8 Å². The summed E-state index contributed by atoms with van der Waals surface area (Å²) in [4.78, 5) is 11.5. The van der Waals surface area contributed by atoms with E-state index in [1.165, 1.54) is 23.9 Å². The number of hydrogen-bond acceptors (Lipinski definition) is 3. The van der Waals surface area contributed by atoms with Gasteiger partial charge in [0.05, 0.1) is 5.75 Å². The van der Waals surface area contributed by atoms with Gasteiger partial charge in [-0.25, -0.2) is 4.39 Å². The summed E-state index contributed by atoms with van der Waals surface area (Å²) < 4.78 is 12.8. The summed E-state index contributed by atoms with van der Waals surface area (Å²) in [7, 11) is 0. The maximum absolute atomic E-state index is 12.8. The van der Waals surface area contributed by atoms with Gasteiger partial charge in [-0.1, -0.05) is 13.0 Å². The topological polar surface area (TPSA) is 55.1 Å². The van der Waals surface area contributed by atoms with Gasteiger partial charge in [0.2, 0.25) is 5.91 Å². The second-order valence-corrected chi connectivity index (χ2v) is 4.77. The minimum atomic E-state index is -0.358. The van der Waals surface area contributed by atoms with Crippen LogP contribution in [0.2, 0.25) is 0 Å². The lowest BCUT2D eigenvalue weighted by Gasteiger charge is -2.08. The summed E-state index contributed by atoms with van der Waals surface area (Å²) in [6.45, 7) is 2.01. The summed E-state index contributed by atoms with van der Waals surface area (Å²) in [6, 6.07) is 5.97. The summed E-state index contributed by atoms with van der Waals surface area (Å²) in [5.41, 5.74) is 6.21. The van der Waals surface area contributed by atoms with Crippen LogP contribution >= 0.6 is 11.8 Å². The predicted octanol–water partition coefficient (Wildman–Crippen LogP) is 2.23. The fourth-order valence-corrected chi connectivity index (χ4v) is 2.10. The molecular formula is C12H17FN2OS. The van der Waals surface area contributed by atoms with Gasteiger partial charge < -0.3 is 11.1 Å². The Labute approximate surface area is 105 Å². The van der Waals surface area contributed by atoms with Crippen LogP contribution in [-0.2, 0) is 4.79 Å². The van der Waals surface area contributed by atoms with E-state index in [2.05, 4.69) is 5.32 Å². The normalized spacial score (nSPS) is 12.2. The second kappa shape index (κ2) is 7.29. The van der Waals surface area contributed by atoms with Crippen LogP contribution in [0.3, 0.4) is 0 Å². The van der Waals surface area contributed by atoms with Crippen LogP contribution in [0.5, 0.6) is 0 Å². The molecule has 0 aliphatic carbocycles. The number of anilines is 1. The number of halogens is 1. The Balaban J connectivity index is 2.30. The smallest absolute Gasteiger partial charge is 0.234 e. The molecule has 17 heavy (non-hydrogen) atoms. The lowest BCUT2D eigenvalue weighted by atomic mass is 10.3. The van der Waals surface area contributed by atoms with E-state index in [0.29, 0.717) is 11.4 Å². The molecular weight excluding hydrogens is 239 g/mol. The summed E-state index contributed by atoms with van der Waals surface area (Å²) >= 11 is 1.49. The molecule has 0 heterocycles. The zero-order valence-corrected chi connectivity index (χ0v) is 10.6. The molecule has 0 aromatic heterocycles. The van der Waals surface area contributed by atoms with Crippen molar-refractivity contribution in [2.45, 2.75) is 19.4 Å². The lowest BCUT2D eigenvalue weighted by molar-refractivity contribution is -0.113. The van der Waals surface area contributed by atoms with Crippen LogP contribution in [0.15, 0.2) is 24.3 Å². The third-order valence-corrected chi connectivity index (χ3v) is 3.33. The van der Waals surface area contributed by atoms with Crippen molar-refractivity contribution in [2.24, 2.45) is 5.73 Å². The molecule has 5 heteroatoms. The zero-order valence-electron chi connectivity index (χ0n) is 9.78. The van der Waals surface area contributed by atoms with Crippen molar-refractivity contribution in [3.63, 3.8) is 0 Å². The van der Waals surface area contributed by atoms with E-state index in [0.717, 1.165) is 12.2 Å². The average molecular weight is 256 g/mol. The van der Waals surface area contributed by atoms with E-state index in [4.69, 9.17) is 5.73 Å². The van der Waals surface area contributed by atoms with Crippen LogP contribution in [0.1, 0.15) is 13.3 Å². The largest absolute Gasteiger partial charge is 0.327 e. The van der Waals surface area contributed by atoms with Gasteiger partial charge in [-0.2, -0.15) is 11.8 Å². The van der Waals surface area contributed by atoms with E-state index >= 15 is 0 Å². The predicted molar refractivity (Wildman–Crippen MR) is 70.6 cm³/mol. The molecule has 1 aromatic rings. The number of carbonyl (C=O) groups is 1. The number of nitrogens with one attached hydrogen (secondary N) is 1. The number of thioether (sulfide) groups is 1. The van der Waals surface area contributed by atoms with E-state index in [1.807, 2.05) is 6.92 Å². The fraction of sp³-hybridized carbons (Fsp3) is 0.417. The SMILES string of the molecule is CCC(N)CSCC(=O)Nc1cccc(F)c1. The van der Waals surface area contributed by atoms with Crippen LogP contribution in [-0.4, -0.2) is 23.5 Å². The van der Waals surface area contributed by atoms with Crippen molar-refractivity contribution in [1.29, 1.82) is 0 Å². The molecule has 0 fully saturated rings. The fourth-order valence-electron chi connectivity index (χ4n) is 1.18. The van der Waals surface area contributed by atoms with Gasteiger partial charge >= 0.3 is 0 Å². The van der Waals surface area contributed by atoms with Gasteiger partial charge in [-0.15, -0.1) is 0 Å². The Hall–Kier alpha value is -1.07. The van der Waals surface area contributed by atoms with Crippen molar-refractivity contribution >= 4 is 23.4 Å². The Morgan fingerprint density at radius 2 is 2.35 bits per heavy atom. The summed E-state index contributed by atoms with van der Waals surface area (Å²) in [5.74, 6) is 0.601. The highest BCUT2D eigenvalue weighted by Crippen LogP contribution is 2.10. The highest BCUT2D eigenvalue weighted by molar-refractivity contribution is 8.00. The van der Waals surface area contributed by atoms with Gasteiger partial charge in [0, 0.05) is 17.5 Å². The number of rotatable bonds is 6. The Morgan fingerprint density at radius 1 is 1.59 bits per heavy atom. The molecule has 0 aliphatic rings. The quantitative estimate of drug-likeness (QED) is 0.820. The number of carbonyl (C=O) groups excluding carboxylic acids is 1. The monoisotopic (exact) mass is 256 g/mol. The zero-order chi connectivity index (χ0) is 12.7. The van der Waals surface area contributed by atoms with Crippen molar-refractivity contribution in [1.82, 2.24) is 0 Å². The first-order valence-corrected chi connectivity index (χ1v) is 6.66. The molecule has 1 unspecified atom stereocenters. The maximum atomic E-state index is 12.8. The Morgan fingerprint density at radius 3 is 3.00 bits per heavy atom. The van der Waals surface area contributed by atoms with Crippen molar-refractivity contribution in [3.05, 3.63) is 30.1 Å². The summed E-state index contributed by atoms with van der Waals surface area (Å²) in [5, 5.41) is 2.63. The number of amides is 1. The molecule has 1 amide bonds. The van der Waals surface area contributed by atoms with Crippen LogP contribution in [0.4, 0.5) is 10.1 Å². The van der Waals surface area contributed by atoms with E-state index in [9.17, 15) is 9.18 Å². The van der Waals surface area contributed by atoms with Gasteiger partial charge in [-0.3, -0.25) is 4.79 Å². The number of nitrogens with two attached hydrogens (primary N) is 1. The molecule has 0 aliphatic heterocycles. The van der Waals surface area contributed by atoms with Gasteiger partial charge in [-0.05, 0) is 24.6 Å². The standard InChI is InChI=1S/C12H17FN2OS/c1-2-10(14)7-17-8-12(16)15-11-5-3-4-9(13)6-11/h3-6,10H,2,7-8,14H2,1H3,(H,15,16). The van der Waals surface area contributed by atoms with E-state index in [-0.39, 0.29) is 17.8 Å². The summed E-state index contributed by atoms with van der Waals surface area (Å²) in [6.07, 6.45) is 0.901. The highest BCUT2D eigenvalue weighted by atomic mass is 32.2. The van der Waals surface area contributed by atoms with Crippen LogP contribution < -0.4 is 11.1 Å². The first-order chi connectivity index (χ1) is 8.11. The molecule has 0 saturated carbocycles. The third kappa shape index (κ3) is 5.70. The molecule has 0 spiro atoms. The molecule has 94 valence electrons. The van der Waals surface area contributed by atoms with Crippen molar-refractivity contribution < 1.29 is 9.18 Å². The molecule has 1 rings (SSSR count). The number of hydrogen-bond donors (Lipinski definition) is 2. The van der Waals surface area contributed by atoms with Gasteiger partial charge in [0.1, 0.15) is 5.82 Å². The molecule has 1 aromatic carbocycles. The van der Waals surface area contributed by atoms with Crippen LogP contribution in [0, 0.1) is 5.82 Å². The second-order valence-electron chi connectivity index (χ2n) is 3.74. The molecule has 3 N–H and O–H groups in total. The molecule has 0 radical (unpaired) electrons. The molecule has 0 bridgehead atoms. The van der Waals surface area contributed by atoms with Crippen molar-refractivity contribution in [3.8, 4) is 0 Å². The minimum absolute atomic E-state index is 0.127. The van der Waals surface area contributed by atoms with E-state index in [1.54, 1.807) is 12.1 Å². The highest BCUT2D eigenvalue weighted by Gasteiger charge is 2.05. The van der Waals surface area contributed by atoms with Crippen LogP contribution in [0.25, 0.3) is 0 Å². The Kier molecular flexibility index (Phi) is 6.00. The third-order valence-electron chi connectivity index (χ3n) is 2.20. The number of benzene rings is 1.